The minimum absolute atomic E-state index is 0.142. The van der Waals surface area contributed by atoms with Crippen LogP contribution in [-0.2, 0) is 9.53 Å². The van der Waals surface area contributed by atoms with Crippen molar-refractivity contribution in [2.45, 2.75) is 19.8 Å². The monoisotopic (exact) mass is 292 g/mol. The molecule has 1 aliphatic rings. The topological polar surface area (TPSA) is 68.7 Å². The molecule has 2 heterocycles. The molecule has 6 nitrogen and oxygen atoms in total. The van der Waals surface area contributed by atoms with Crippen molar-refractivity contribution in [3.8, 4) is 5.88 Å². The summed E-state index contributed by atoms with van der Waals surface area (Å²) in [7, 11) is 1.50. The van der Waals surface area contributed by atoms with Gasteiger partial charge in [0.05, 0.1) is 12.7 Å². The predicted octanol–water partition coefficient (Wildman–Crippen LogP) is 1.51. The third-order valence-corrected chi connectivity index (χ3v) is 3.64. The lowest BCUT2D eigenvalue weighted by molar-refractivity contribution is -0.135. The lowest BCUT2D eigenvalue weighted by Crippen LogP contribution is -2.40. The van der Waals surface area contributed by atoms with Gasteiger partial charge in [0.15, 0.2) is 6.61 Å². The van der Waals surface area contributed by atoms with Crippen LogP contribution in [-0.4, -0.2) is 48.6 Å². The first-order chi connectivity index (χ1) is 10.1. The summed E-state index contributed by atoms with van der Waals surface area (Å²) in [5.41, 5.74) is 0.302. The zero-order chi connectivity index (χ0) is 15.2. The van der Waals surface area contributed by atoms with E-state index in [-0.39, 0.29) is 12.5 Å². The number of nitrogens with zero attached hydrogens (tertiary/aromatic N) is 2. The molecule has 0 saturated carbocycles. The lowest BCUT2D eigenvalue weighted by Gasteiger charge is -2.30. The van der Waals surface area contributed by atoms with Crippen LogP contribution in [0.1, 0.15) is 30.1 Å². The smallest absolute Gasteiger partial charge is 0.340 e. The molecule has 0 bridgehead atoms. The second kappa shape index (κ2) is 7.06. The van der Waals surface area contributed by atoms with Crippen LogP contribution in [0.25, 0.3) is 0 Å². The molecule has 1 aromatic rings. The number of carbonyl (C=O) groups excluding carboxylic acids is 2. The molecule has 6 heteroatoms. The Bertz CT molecular complexity index is 493. The maximum Gasteiger partial charge on any atom is 0.340 e. The Morgan fingerprint density at radius 3 is 2.62 bits per heavy atom. The van der Waals surface area contributed by atoms with Crippen molar-refractivity contribution in [3.05, 3.63) is 23.9 Å². The van der Waals surface area contributed by atoms with Crippen LogP contribution in [0.4, 0.5) is 0 Å². The molecule has 21 heavy (non-hydrogen) atoms. The summed E-state index contributed by atoms with van der Waals surface area (Å²) in [4.78, 5) is 29.4. The minimum atomic E-state index is -0.552. The van der Waals surface area contributed by atoms with Gasteiger partial charge in [-0.05, 0) is 24.8 Å². The third kappa shape index (κ3) is 4.18. The zero-order valence-corrected chi connectivity index (χ0v) is 12.4. The summed E-state index contributed by atoms with van der Waals surface area (Å²) in [6, 6.07) is 3.13. The number of piperidine rings is 1. The molecule has 1 saturated heterocycles. The SMILES string of the molecule is COc1ccc(C(=O)OCC(=O)N2CCC(C)CC2)cn1. The lowest BCUT2D eigenvalue weighted by atomic mass is 9.99. The predicted molar refractivity (Wildman–Crippen MR) is 76.0 cm³/mol. The largest absolute Gasteiger partial charge is 0.481 e. The van der Waals surface area contributed by atoms with Crippen LogP contribution in [0.3, 0.4) is 0 Å². The number of hydrogen-bond donors (Lipinski definition) is 0. The number of pyridine rings is 1. The minimum Gasteiger partial charge on any atom is -0.481 e. The maximum absolute atomic E-state index is 12.0. The summed E-state index contributed by atoms with van der Waals surface area (Å²) in [6.45, 7) is 3.43. The Kier molecular flexibility index (Phi) is 5.14. The highest BCUT2D eigenvalue weighted by Gasteiger charge is 2.21. The van der Waals surface area contributed by atoms with Crippen molar-refractivity contribution < 1.29 is 19.1 Å². The highest BCUT2D eigenvalue weighted by atomic mass is 16.5. The summed E-state index contributed by atoms with van der Waals surface area (Å²) in [5.74, 6) is 0.382. The molecule has 0 radical (unpaired) electrons. The van der Waals surface area contributed by atoms with Crippen LogP contribution >= 0.6 is 0 Å². The molecule has 1 aliphatic heterocycles. The average molecular weight is 292 g/mol. The Hall–Kier alpha value is -2.11. The van der Waals surface area contributed by atoms with Crippen LogP contribution in [0.2, 0.25) is 0 Å². The number of methoxy groups -OCH3 is 1. The Labute approximate surface area is 124 Å². The summed E-state index contributed by atoms with van der Waals surface area (Å²) >= 11 is 0. The Morgan fingerprint density at radius 1 is 1.33 bits per heavy atom. The molecule has 0 atom stereocenters. The molecule has 1 aromatic heterocycles. The van der Waals surface area contributed by atoms with Gasteiger partial charge in [0.1, 0.15) is 0 Å². The number of rotatable bonds is 4. The van der Waals surface area contributed by atoms with E-state index in [1.165, 1.54) is 13.3 Å². The van der Waals surface area contributed by atoms with E-state index in [9.17, 15) is 9.59 Å². The first kappa shape index (κ1) is 15.3. The molecule has 1 amide bonds. The molecule has 0 aliphatic carbocycles. The highest BCUT2D eigenvalue weighted by Crippen LogP contribution is 2.16. The van der Waals surface area contributed by atoms with Gasteiger partial charge < -0.3 is 14.4 Å². The first-order valence-electron chi connectivity index (χ1n) is 7.05. The van der Waals surface area contributed by atoms with Crippen molar-refractivity contribution in [2.75, 3.05) is 26.8 Å². The molecule has 0 N–H and O–H groups in total. The van der Waals surface area contributed by atoms with Gasteiger partial charge in [-0.3, -0.25) is 4.79 Å². The number of esters is 1. The molecule has 1 fully saturated rings. The number of hydrogen-bond acceptors (Lipinski definition) is 5. The van der Waals surface area contributed by atoms with Crippen LogP contribution in [0.15, 0.2) is 18.3 Å². The van der Waals surface area contributed by atoms with Crippen molar-refractivity contribution in [3.63, 3.8) is 0 Å². The average Bonchev–Trinajstić information content (AvgIpc) is 2.53. The van der Waals surface area contributed by atoms with E-state index in [4.69, 9.17) is 9.47 Å². The number of amides is 1. The number of carbonyl (C=O) groups is 2. The molecule has 0 spiro atoms. The zero-order valence-electron chi connectivity index (χ0n) is 12.4. The second-order valence-corrected chi connectivity index (χ2v) is 5.23. The summed E-state index contributed by atoms with van der Waals surface area (Å²) in [6.07, 6.45) is 3.37. The van der Waals surface area contributed by atoms with Crippen LogP contribution < -0.4 is 4.74 Å². The normalized spacial score (nSPS) is 15.6. The van der Waals surface area contributed by atoms with Gasteiger partial charge in [0.25, 0.3) is 5.91 Å². The fraction of sp³-hybridized carbons (Fsp3) is 0.533. The van der Waals surface area contributed by atoms with E-state index < -0.39 is 5.97 Å². The van der Waals surface area contributed by atoms with Gasteiger partial charge in [-0.1, -0.05) is 6.92 Å². The van der Waals surface area contributed by atoms with Gasteiger partial charge >= 0.3 is 5.97 Å². The van der Waals surface area contributed by atoms with E-state index in [1.54, 1.807) is 17.0 Å². The van der Waals surface area contributed by atoms with Crippen molar-refractivity contribution in [1.29, 1.82) is 0 Å². The molecular weight excluding hydrogens is 272 g/mol. The van der Waals surface area contributed by atoms with Crippen molar-refractivity contribution in [1.82, 2.24) is 9.88 Å². The van der Waals surface area contributed by atoms with Gasteiger partial charge in [0.2, 0.25) is 5.88 Å². The molecule has 0 unspecified atom stereocenters. The quantitative estimate of drug-likeness (QED) is 0.787. The highest BCUT2D eigenvalue weighted by molar-refractivity contribution is 5.91. The number of ether oxygens (including phenoxy) is 2. The maximum atomic E-state index is 12.0. The molecule has 0 aromatic carbocycles. The van der Waals surface area contributed by atoms with E-state index in [0.717, 1.165) is 25.9 Å². The van der Waals surface area contributed by atoms with Crippen molar-refractivity contribution in [2.24, 2.45) is 5.92 Å². The van der Waals surface area contributed by atoms with Gasteiger partial charge in [0, 0.05) is 25.4 Å². The van der Waals surface area contributed by atoms with E-state index in [1.807, 2.05) is 0 Å². The number of aromatic nitrogens is 1. The standard InChI is InChI=1S/C15H20N2O4/c1-11-5-7-17(8-6-11)14(18)10-21-15(19)12-3-4-13(20-2)16-9-12/h3-4,9,11H,5-8,10H2,1-2H3. The van der Waals surface area contributed by atoms with Crippen molar-refractivity contribution >= 4 is 11.9 Å². The van der Waals surface area contributed by atoms with E-state index in [2.05, 4.69) is 11.9 Å². The molecule has 114 valence electrons. The summed E-state index contributed by atoms with van der Waals surface area (Å²) in [5, 5.41) is 0. The fourth-order valence-electron chi connectivity index (χ4n) is 2.18. The fourth-order valence-corrected chi connectivity index (χ4v) is 2.18. The first-order valence-corrected chi connectivity index (χ1v) is 7.05. The van der Waals surface area contributed by atoms with Crippen LogP contribution in [0, 0.1) is 5.92 Å². The van der Waals surface area contributed by atoms with Crippen LogP contribution in [0.5, 0.6) is 5.88 Å². The molecule has 2 rings (SSSR count). The Balaban J connectivity index is 1.81. The third-order valence-electron chi connectivity index (χ3n) is 3.64. The second-order valence-electron chi connectivity index (χ2n) is 5.23. The Morgan fingerprint density at radius 2 is 2.05 bits per heavy atom. The van der Waals surface area contributed by atoms with Gasteiger partial charge in [-0.15, -0.1) is 0 Å². The summed E-state index contributed by atoms with van der Waals surface area (Å²) < 4.78 is 9.94. The van der Waals surface area contributed by atoms with Gasteiger partial charge in [-0.25, -0.2) is 9.78 Å². The van der Waals surface area contributed by atoms with E-state index in [0.29, 0.717) is 17.4 Å². The van der Waals surface area contributed by atoms with Gasteiger partial charge in [-0.2, -0.15) is 0 Å². The molecular formula is C15H20N2O4. The van der Waals surface area contributed by atoms with E-state index >= 15 is 0 Å². The number of likely N-dealkylation sites (tertiary alicyclic amines) is 1.